The molecule has 0 aliphatic heterocycles. The number of aldehydes is 1. The Morgan fingerprint density at radius 1 is 1.40 bits per heavy atom. The van der Waals surface area contributed by atoms with E-state index in [9.17, 15) is 9.59 Å². The number of nitrogens with zero attached hydrogens (tertiary/aromatic N) is 2. The van der Waals surface area contributed by atoms with Crippen LogP contribution < -0.4 is 5.69 Å². The van der Waals surface area contributed by atoms with Gasteiger partial charge in [-0.25, -0.2) is 4.79 Å². The molecular formula is C10H9ClN2O2. The van der Waals surface area contributed by atoms with Crippen molar-refractivity contribution in [3.63, 3.8) is 0 Å². The molecule has 2 rings (SSSR count). The van der Waals surface area contributed by atoms with Crippen LogP contribution in [0.1, 0.15) is 0 Å². The van der Waals surface area contributed by atoms with E-state index in [0.29, 0.717) is 16.8 Å². The summed E-state index contributed by atoms with van der Waals surface area (Å²) in [6.45, 7) is 0.0521. The first kappa shape index (κ1) is 9.98. The van der Waals surface area contributed by atoms with Gasteiger partial charge in [-0.05, 0) is 18.2 Å². The molecule has 0 aliphatic rings. The number of benzene rings is 1. The summed E-state index contributed by atoms with van der Waals surface area (Å²) in [6, 6.07) is 5.16. The van der Waals surface area contributed by atoms with Crippen molar-refractivity contribution in [2.24, 2.45) is 7.05 Å². The molecule has 0 saturated heterocycles. The van der Waals surface area contributed by atoms with Gasteiger partial charge >= 0.3 is 5.69 Å². The quantitative estimate of drug-likeness (QED) is 0.720. The molecule has 0 aliphatic carbocycles. The summed E-state index contributed by atoms with van der Waals surface area (Å²) in [6.07, 6.45) is 0.696. The first-order valence-electron chi connectivity index (χ1n) is 4.43. The second kappa shape index (κ2) is 3.55. The van der Waals surface area contributed by atoms with Gasteiger partial charge in [0.15, 0.2) is 0 Å². The van der Waals surface area contributed by atoms with Crippen LogP contribution in [0.5, 0.6) is 0 Å². The minimum atomic E-state index is -0.209. The van der Waals surface area contributed by atoms with E-state index in [4.69, 9.17) is 11.6 Å². The third-order valence-corrected chi connectivity index (χ3v) is 2.60. The van der Waals surface area contributed by atoms with Crippen molar-refractivity contribution < 1.29 is 4.79 Å². The Labute approximate surface area is 90.7 Å². The van der Waals surface area contributed by atoms with Crippen LogP contribution in [0.25, 0.3) is 11.0 Å². The molecule has 0 fully saturated rings. The summed E-state index contributed by atoms with van der Waals surface area (Å²) in [4.78, 5) is 22.2. The van der Waals surface area contributed by atoms with E-state index in [-0.39, 0.29) is 12.2 Å². The summed E-state index contributed by atoms with van der Waals surface area (Å²) in [7, 11) is 1.67. The van der Waals surface area contributed by atoms with Gasteiger partial charge in [-0.15, -0.1) is 0 Å². The Morgan fingerprint density at radius 2 is 2.13 bits per heavy atom. The highest BCUT2D eigenvalue weighted by atomic mass is 35.5. The van der Waals surface area contributed by atoms with Gasteiger partial charge in [0, 0.05) is 12.1 Å². The van der Waals surface area contributed by atoms with Crippen molar-refractivity contribution in [3.8, 4) is 0 Å². The first-order valence-corrected chi connectivity index (χ1v) is 4.81. The number of aromatic nitrogens is 2. The number of carbonyl (C=O) groups is 1. The molecular weight excluding hydrogens is 216 g/mol. The second-order valence-electron chi connectivity index (χ2n) is 3.25. The highest BCUT2D eigenvalue weighted by molar-refractivity contribution is 6.31. The van der Waals surface area contributed by atoms with Crippen LogP contribution >= 0.6 is 11.6 Å². The number of halogens is 1. The molecule has 2 aromatic rings. The zero-order chi connectivity index (χ0) is 11.0. The van der Waals surface area contributed by atoms with Crippen molar-refractivity contribution in [1.29, 1.82) is 0 Å². The van der Waals surface area contributed by atoms with Gasteiger partial charge in [-0.3, -0.25) is 9.13 Å². The van der Waals surface area contributed by atoms with Crippen molar-refractivity contribution in [2.75, 3.05) is 0 Å². The SMILES string of the molecule is Cn1c(=O)n(CC=O)c2cc(Cl)ccc21. The maximum absolute atomic E-state index is 11.7. The lowest BCUT2D eigenvalue weighted by Gasteiger charge is -1.96. The summed E-state index contributed by atoms with van der Waals surface area (Å²) in [5, 5.41) is 0.549. The van der Waals surface area contributed by atoms with Gasteiger partial charge < -0.3 is 4.79 Å². The number of rotatable bonds is 2. The Hall–Kier alpha value is -1.55. The standard InChI is InChI=1S/C10H9ClN2O2/c1-12-8-3-2-7(11)6-9(8)13(4-5-14)10(12)15/h2-3,5-6H,4H2,1H3. The van der Waals surface area contributed by atoms with Crippen LogP contribution in [0, 0.1) is 0 Å². The third kappa shape index (κ3) is 1.47. The molecule has 0 unspecified atom stereocenters. The zero-order valence-electron chi connectivity index (χ0n) is 8.11. The second-order valence-corrected chi connectivity index (χ2v) is 3.69. The van der Waals surface area contributed by atoms with Gasteiger partial charge in [0.25, 0.3) is 0 Å². The highest BCUT2D eigenvalue weighted by Crippen LogP contribution is 2.17. The molecule has 15 heavy (non-hydrogen) atoms. The molecule has 1 aromatic carbocycles. The van der Waals surface area contributed by atoms with Crippen LogP contribution in [0.2, 0.25) is 5.02 Å². The molecule has 0 amide bonds. The van der Waals surface area contributed by atoms with E-state index in [2.05, 4.69) is 0 Å². The number of hydrogen-bond acceptors (Lipinski definition) is 2. The van der Waals surface area contributed by atoms with Gasteiger partial charge in [0.05, 0.1) is 17.6 Å². The van der Waals surface area contributed by atoms with Crippen LogP contribution in [-0.2, 0) is 18.4 Å². The highest BCUT2D eigenvalue weighted by Gasteiger charge is 2.09. The molecule has 78 valence electrons. The maximum Gasteiger partial charge on any atom is 0.329 e. The molecule has 0 radical (unpaired) electrons. The van der Waals surface area contributed by atoms with Gasteiger partial charge in [-0.1, -0.05) is 11.6 Å². The summed E-state index contributed by atoms with van der Waals surface area (Å²) < 4.78 is 2.89. The van der Waals surface area contributed by atoms with Crippen molar-refractivity contribution in [2.45, 2.75) is 6.54 Å². The molecule has 0 bridgehead atoms. The van der Waals surface area contributed by atoms with E-state index in [0.717, 1.165) is 5.52 Å². The summed E-state index contributed by atoms with van der Waals surface area (Å²) in [5.74, 6) is 0. The van der Waals surface area contributed by atoms with Crippen molar-refractivity contribution in [1.82, 2.24) is 9.13 Å². The van der Waals surface area contributed by atoms with Crippen LogP contribution in [-0.4, -0.2) is 15.4 Å². The summed E-state index contributed by atoms with van der Waals surface area (Å²) >= 11 is 5.84. The fourth-order valence-corrected chi connectivity index (χ4v) is 1.80. The minimum Gasteiger partial charge on any atom is -0.301 e. The number of aryl methyl sites for hydroxylation is 1. The molecule has 4 nitrogen and oxygen atoms in total. The van der Waals surface area contributed by atoms with E-state index >= 15 is 0 Å². The number of imidazole rings is 1. The van der Waals surface area contributed by atoms with Crippen LogP contribution in [0.4, 0.5) is 0 Å². The lowest BCUT2D eigenvalue weighted by atomic mass is 10.3. The maximum atomic E-state index is 11.7. The third-order valence-electron chi connectivity index (χ3n) is 2.36. The molecule has 1 heterocycles. The normalized spacial score (nSPS) is 10.8. The lowest BCUT2D eigenvalue weighted by Crippen LogP contribution is -2.22. The average Bonchev–Trinajstić information content (AvgIpc) is 2.44. The fraction of sp³-hybridized carbons (Fsp3) is 0.200. The van der Waals surface area contributed by atoms with Gasteiger partial charge in [0.1, 0.15) is 6.29 Å². The number of fused-ring (bicyclic) bond motifs is 1. The molecule has 5 heteroatoms. The average molecular weight is 225 g/mol. The van der Waals surface area contributed by atoms with Gasteiger partial charge in [0.2, 0.25) is 0 Å². The Morgan fingerprint density at radius 3 is 2.80 bits per heavy atom. The Bertz CT molecular complexity index is 583. The van der Waals surface area contributed by atoms with E-state index < -0.39 is 0 Å². The molecule has 0 spiro atoms. The molecule has 0 saturated carbocycles. The Balaban J connectivity index is 2.88. The smallest absolute Gasteiger partial charge is 0.301 e. The fourth-order valence-electron chi connectivity index (χ4n) is 1.63. The van der Waals surface area contributed by atoms with Crippen molar-refractivity contribution >= 4 is 28.9 Å². The minimum absolute atomic E-state index is 0.0521. The number of hydrogen-bond donors (Lipinski definition) is 0. The predicted octanol–water partition coefficient (Wildman–Crippen LogP) is 1.19. The lowest BCUT2D eigenvalue weighted by molar-refractivity contribution is -0.108. The van der Waals surface area contributed by atoms with Crippen LogP contribution in [0.15, 0.2) is 23.0 Å². The molecule has 1 aromatic heterocycles. The van der Waals surface area contributed by atoms with E-state index in [1.807, 2.05) is 0 Å². The zero-order valence-corrected chi connectivity index (χ0v) is 8.86. The monoisotopic (exact) mass is 224 g/mol. The van der Waals surface area contributed by atoms with Gasteiger partial charge in [-0.2, -0.15) is 0 Å². The predicted molar refractivity (Wildman–Crippen MR) is 58.3 cm³/mol. The first-order chi connectivity index (χ1) is 7.15. The topological polar surface area (TPSA) is 44.0 Å². The molecule has 0 N–H and O–H groups in total. The van der Waals surface area contributed by atoms with Crippen molar-refractivity contribution in [3.05, 3.63) is 33.7 Å². The Kier molecular flexibility index (Phi) is 2.36. The van der Waals surface area contributed by atoms with Crippen LogP contribution in [0.3, 0.4) is 0 Å². The summed E-state index contributed by atoms with van der Waals surface area (Å²) in [5.41, 5.74) is 1.24. The molecule has 0 atom stereocenters. The number of carbonyl (C=O) groups excluding carboxylic acids is 1. The van der Waals surface area contributed by atoms with E-state index in [1.165, 1.54) is 9.13 Å². The largest absolute Gasteiger partial charge is 0.329 e. The van der Waals surface area contributed by atoms with E-state index in [1.54, 1.807) is 25.2 Å².